The van der Waals surface area contributed by atoms with E-state index >= 15 is 0 Å². The van der Waals surface area contributed by atoms with Gasteiger partial charge in [0.05, 0.1) is 14.2 Å². The van der Waals surface area contributed by atoms with E-state index in [2.05, 4.69) is 17.4 Å². The van der Waals surface area contributed by atoms with Gasteiger partial charge < -0.3 is 14.4 Å². The van der Waals surface area contributed by atoms with Gasteiger partial charge in [0.25, 0.3) is 5.91 Å². The van der Waals surface area contributed by atoms with Gasteiger partial charge in [-0.05, 0) is 30.8 Å². The number of likely N-dealkylation sites (N-methyl/N-ethyl adjacent to an activating group) is 1. The maximum Gasteiger partial charge on any atom is 0.258 e. The molecule has 6 heteroatoms. The Balaban J connectivity index is 1.92. The topological polar surface area (TPSA) is 54.0 Å². The van der Waals surface area contributed by atoms with Crippen LogP contribution < -0.4 is 14.9 Å². The van der Waals surface area contributed by atoms with Gasteiger partial charge in [-0.25, -0.2) is 5.01 Å². The number of hydrogen-bond acceptors (Lipinski definition) is 5. The summed E-state index contributed by atoms with van der Waals surface area (Å²) in [4.78, 5) is 14.2. The van der Waals surface area contributed by atoms with Gasteiger partial charge in [0.2, 0.25) is 0 Å². The zero-order valence-corrected chi connectivity index (χ0v) is 13.3. The van der Waals surface area contributed by atoms with Gasteiger partial charge in [-0.1, -0.05) is 6.07 Å². The molecule has 1 saturated heterocycles. The van der Waals surface area contributed by atoms with Crippen molar-refractivity contribution in [3.8, 4) is 11.5 Å². The van der Waals surface area contributed by atoms with Crippen molar-refractivity contribution in [3.63, 3.8) is 0 Å². The van der Waals surface area contributed by atoms with Gasteiger partial charge in [-0.15, -0.1) is 0 Å². The minimum atomic E-state index is -0.126. The lowest BCUT2D eigenvalue weighted by molar-refractivity contribution is -0.121. The largest absolute Gasteiger partial charge is 0.493 e. The number of piperazine rings is 1. The minimum absolute atomic E-state index is 0.126. The number of ether oxygens (including phenoxy) is 2. The second-order valence-corrected chi connectivity index (χ2v) is 5.21. The summed E-state index contributed by atoms with van der Waals surface area (Å²) in [6, 6.07) is 5.52. The second-order valence-electron chi connectivity index (χ2n) is 5.21. The summed E-state index contributed by atoms with van der Waals surface area (Å²) in [5, 5.41) is 1.95. The average Bonchev–Trinajstić information content (AvgIpc) is 2.54. The van der Waals surface area contributed by atoms with Crippen LogP contribution in [0.15, 0.2) is 24.3 Å². The van der Waals surface area contributed by atoms with E-state index in [0.717, 1.165) is 31.7 Å². The second kappa shape index (κ2) is 7.82. The van der Waals surface area contributed by atoms with Crippen LogP contribution in [0.1, 0.15) is 5.56 Å². The molecule has 120 valence electrons. The number of nitrogens with zero attached hydrogens (tertiary/aromatic N) is 2. The van der Waals surface area contributed by atoms with Crippen molar-refractivity contribution in [2.24, 2.45) is 0 Å². The summed E-state index contributed by atoms with van der Waals surface area (Å²) in [5.74, 6) is 1.19. The van der Waals surface area contributed by atoms with Crippen molar-refractivity contribution in [3.05, 3.63) is 29.8 Å². The van der Waals surface area contributed by atoms with Crippen molar-refractivity contribution in [2.75, 3.05) is 47.4 Å². The first kappa shape index (κ1) is 16.3. The highest BCUT2D eigenvalue weighted by Crippen LogP contribution is 2.27. The van der Waals surface area contributed by atoms with Crippen molar-refractivity contribution >= 4 is 12.0 Å². The molecule has 1 aromatic rings. The van der Waals surface area contributed by atoms with Crippen molar-refractivity contribution in [1.82, 2.24) is 15.3 Å². The summed E-state index contributed by atoms with van der Waals surface area (Å²) >= 11 is 0. The molecule has 0 radical (unpaired) electrons. The third-order valence-corrected chi connectivity index (χ3v) is 3.61. The summed E-state index contributed by atoms with van der Waals surface area (Å²) in [7, 11) is 5.26. The summed E-state index contributed by atoms with van der Waals surface area (Å²) in [6.07, 6.45) is 3.28. The number of hydrogen-bond donors (Lipinski definition) is 1. The van der Waals surface area contributed by atoms with E-state index < -0.39 is 0 Å². The molecule has 1 heterocycles. The first-order valence-electron chi connectivity index (χ1n) is 7.26. The highest BCUT2D eigenvalue weighted by molar-refractivity contribution is 5.91. The zero-order valence-electron chi connectivity index (χ0n) is 13.3. The number of benzene rings is 1. The van der Waals surface area contributed by atoms with E-state index in [1.165, 1.54) is 6.08 Å². The maximum atomic E-state index is 11.9. The van der Waals surface area contributed by atoms with E-state index in [9.17, 15) is 4.79 Å². The molecule has 1 amide bonds. The molecule has 1 aliphatic heterocycles. The van der Waals surface area contributed by atoms with Gasteiger partial charge in [0, 0.05) is 32.3 Å². The Kier molecular flexibility index (Phi) is 5.80. The van der Waals surface area contributed by atoms with Crippen LogP contribution in [0.4, 0.5) is 0 Å². The fourth-order valence-corrected chi connectivity index (χ4v) is 2.24. The van der Waals surface area contributed by atoms with Crippen LogP contribution in [0, 0.1) is 0 Å². The Morgan fingerprint density at radius 1 is 1.14 bits per heavy atom. The molecule has 22 heavy (non-hydrogen) atoms. The normalized spacial score (nSPS) is 16.7. The lowest BCUT2D eigenvalue weighted by atomic mass is 10.2. The van der Waals surface area contributed by atoms with Crippen LogP contribution in [-0.2, 0) is 4.79 Å². The molecule has 0 spiro atoms. The quantitative estimate of drug-likeness (QED) is 0.823. The number of carbonyl (C=O) groups excluding carboxylic acids is 1. The molecule has 1 aliphatic rings. The number of nitrogens with one attached hydrogen (secondary N) is 1. The van der Waals surface area contributed by atoms with Crippen LogP contribution >= 0.6 is 0 Å². The Hall–Kier alpha value is -2.05. The SMILES string of the molecule is COc1ccc(C=CC(=O)NN2CCN(C)CC2)cc1OC. The number of hydrazine groups is 1. The lowest BCUT2D eigenvalue weighted by Crippen LogP contribution is -2.52. The molecule has 1 aromatic carbocycles. The highest BCUT2D eigenvalue weighted by Gasteiger charge is 2.14. The lowest BCUT2D eigenvalue weighted by Gasteiger charge is -2.31. The third kappa shape index (κ3) is 4.47. The van der Waals surface area contributed by atoms with Gasteiger partial charge in [0.15, 0.2) is 11.5 Å². The van der Waals surface area contributed by atoms with E-state index in [1.54, 1.807) is 20.3 Å². The molecule has 0 aromatic heterocycles. The first-order chi connectivity index (χ1) is 10.6. The van der Waals surface area contributed by atoms with Crippen LogP contribution in [0.25, 0.3) is 6.08 Å². The molecule has 6 nitrogen and oxygen atoms in total. The third-order valence-electron chi connectivity index (χ3n) is 3.61. The monoisotopic (exact) mass is 305 g/mol. The smallest absolute Gasteiger partial charge is 0.258 e. The fourth-order valence-electron chi connectivity index (χ4n) is 2.24. The first-order valence-corrected chi connectivity index (χ1v) is 7.26. The van der Waals surface area contributed by atoms with Gasteiger partial charge in [-0.2, -0.15) is 0 Å². The molecule has 2 rings (SSSR count). The molecule has 0 unspecified atom stereocenters. The van der Waals surface area contributed by atoms with Gasteiger partial charge in [0.1, 0.15) is 0 Å². The predicted octanol–water partition coefficient (Wildman–Crippen LogP) is 0.996. The minimum Gasteiger partial charge on any atom is -0.493 e. The number of carbonyl (C=O) groups is 1. The van der Waals surface area contributed by atoms with Crippen molar-refractivity contribution in [1.29, 1.82) is 0 Å². The highest BCUT2D eigenvalue weighted by atomic mass is 16.5. The van der Waals surface area contributed by atoms with Crippen molar-refractivity contribution < 1.29 is 14.3 Å². The van der Waals surface area contributed by atoms with E-state index in [4.69, 9.17) is 9.47 Å². The van der Waals surface area contributed by atoms with Gasteiger partial charge >= 0.3 is 0 Å². The van der Waals surface area contributed by atoms with Crippen LogP contribution in [0.5, 0.6) is 11.5 Å². The zero-order chi connectivity index (χ0) is 15.9. The Morgan fingerprint density at radius 2 is 1.82 bits per heavy atom. The molecule has 0 aliphatic carbocycles. The molecular weight excluding hydrogens is 282 g/mol. The van der Waals surface area contributed by atoms with E-state index in [-0.39, 0.29) is 5.91 Å². The fraction of sp³-hybridized carbons (Fsp3) is 0.438. The molecule has 1 N–H and O–H groups in total. The Labute approximate surface area is 131 Å². The summed E-state index contributed by atoms with van der Waals surface area (Å²) in [6.45, 7) is 3.60. The van der Waals surface area contributed by atoms with Crippen LogP contribution in [-0.4, -0.2) is 63.3 Å². The Bertz CT molecular complexity index is 537. The van der Waals surface area contributed by atoms with Crippen LogP contribution in [0.3, 0.4) is 0 Å². The van der Waals surface area contributed by atoms with Crippen LogP contribution in [0.2, 0.25) is 0 Å². The number of rotatable bonds is 5. The summed E-state index contributed by atoms with van der Waals surface area (Å²) < 4.78 is 10.4. The van der Waals surface area contributed by atoms with E-state index in [0.29, 0.717) is 11.5 Å². The molecule has 0 atom stereocenters. The molecule has 1 fully saturated rings. The predicted molar refractivity (Wildman–Crippen MR) is 85.8 cm³/mol. The Morgan fingerprint density at radius 3 is 2.45 bits per heavy atom. The maximum absolute atomic E-state index is 11.9. The molecule has 0 saturated carbocycles. The molecule has 0 bridgehead atoms. The average molecular weight is 305 g/mol. The standard InChI is InChI=1S/C16H23N3O3/c1-18-8-10-19(11-9-18)17-16(20)7-5-13-4-6-14(21-2)15(12-13)22-3/h4-7,12H,8-11H2,1-3H3,(H,17,20). The summed E-state index contributed by atoms with van der Waals surface area (Å²) in [5.41, 5.74) is 3.77. The number of methoxy groups -OCH3 is 2. The van der Waals surface area contributed by atoms with Gasteiger partial charge in [-0.3, -0.25) is 10.2 Å². The van der Waals surface area contributed by atoms with Crippen molar-refractivity contribution in [2.45, 2.75) is 0 Å². The van der Waals surface area contributed by atoms with E-state index in [1.807, 2.05) is 23.2 Å². The number of amides is 1. The molecular formula is C16H23N3O3.